The van der Waals surface area contributed by atoms with Gasteiger partial charge in [-0.1, -0.05) is 55.4 Å². The van der Waals surface area contributed by atoms with Crippen molar-refractivity contribution in [3.8, 4) is 0 Å². The zero-order valence-corrected chi connectivity index (χ0v) is 41.5. The first-order chi connectivity index (χ1) is 27.5. The number of Topliss-reactive ketones (excluding diaryl/α,β-unsaturated/α-hetero) is 4. The standard InChI is InChI=1S/4C11H20O4.Ti/c4*1-5-11(6-2,15-8(3)4)9(12)7-10(13)14;/h4*8H,5-7H2,1-4H3,(H,13,14);. The maximum Gasteiger partial charge on any atom is 0.310 e. The van der Waals surface area contributed by atoms with Crippen molar-refractivity contribution in [1.82, 2.24) is 0 Å². The van der Waals surface area contributed by atoms with Crippen LogP contribution in [0.2, 0.25) is 0 Å². The van der Waals surface area contributed by atoms with E-state index < -0.39 is 72.0 Å². The van der Waals surface area contributed by atoms with Gasteiger partial charge in [0.1, 0.15) is 48.1 Å². The molecule has 0 bridgehead atoms. The monoisotopic (exact) mass is 912 g/mol. The summed E-state index contributed by atoms with van der Waals surface area (Å²) in [6.07, 6.45) is 1.88. The van der Waals surface area contributed by atoms with Crippen LogP contribution in [0.1, 0.15) is 188 Å². The van der Waals surface area contributed by atoms with Crippen molar-refractivity contribution in [3.63, 3.8) is 0 Å². The molecule has 17 heteroatoms. The number of hydrogen-bond donors (Lipinski definition) is 4. The van der Waals surface area contributed by atoms with Crippen molar-refractivity contribution in [2.45, 2.75) is 235 Å². The van der Waals surface area contributed by atoms with Crippen molar-refractivity contribution in [2.75, 3.05) is 0 Å². The van der Waals surface area contributed by atoms with Gasteiger partial charge in [0.05, 0.1) is 24.4 Å². The van der Waals surface area contributed by atoms with E-state index in [9.17, 15) is 38.4 Å². The molecule has 0 heterocycles. The zero-order chi connectivity index (χ0) is 48.2. The van der Waals surface area contributed by atoms with Crippen molar-refractivity contribution in [2.24, 2.45) is 0 Å². The molecule has 0 aromatic heterocycles. The molecule has 0 rings (SSSR count). The first-order valence-corrected chi connectivity index (χ1v) is 21.2. The maximum atomic E-state index is 11.8. The second-order valence-corrected chi connectivity index (χ2v) is 15.4. The largest absolute Gasteiger partial charge is 0.481 e. The van der Waals surface area contributed by atoms with Crippen molar-refractivity contribution in [1.29, 1.82) is 0 Å². The number of carboxylic acids is 4. The summed E-state index contributed by atoms with van der Waals surface area (Å²) < 4.78 is 22.3. The molecule has 0 spiro atoms. The molecule has 0 saturated carbocycles. The third-order valence-corrected chi connectivity index (χ3v) is 9.69. The van der Waals surface area contributed by atoms with Crippen LogP contribution in [0.5, 0.6) is 0 Å². The van der Waals surface area contributed by atoms with Crippen molar-refractivity contribution in [3.05, 3.63) is 0 Å². The van der Waals surface area contributed by atoms with Crippen LogP contribution in [0.25, 0.3) is 0 Å². The summed E-state index contributed by atoms with van der Waals surface area (Å²) in [6.45, 7) is 29.4. The molecule has 0 amide bonds. The molecular formula is C44H80O16Ti. The maximum absolute atomic E-state index is 11.8. The van der Waals surface area contributed by atoms with Gasteiger partial charge in [0, 0.05) is 21.7 Å². The van der Waals surface area contributed by atoms with Crippen LogP contribution in [-0.4, -0.2) is 114 Å². The number of hydrogen-bond acceptors (Lipinski definition) is 12. The molecule has 0 radical (unpaired) electrons. The minimum Gasteiger partial charge on any atom is -0.481 e. The number of carbonyl (C=O) groups excluding carboxylic acids is 4. The Labute approximate surface area is 379 Å². The Balaban J connectivity index is -0.000000227. The molecule has 0 unspecified atom stereocenters. The molecule has 61 heavy (non-hydrogen) atoms. The van der Waals surface area contributed by atoms with Crippen LogP contribution in [0.3, 0.4) is 0 Å². The minimum atomic E-state index is -1.10. The molecule has 0 atom stereocenters. The van der Waals surface area contributed by atoms with E-state index >= 15 is 0 Å². The van der Waals surface area contributed by atoms with Gasteiger partial charge in [-0.3, -0.25) is 38.4 Å². The Morgan fingerprint density at radius 3 is 0.508 bits per heavy atom. The van der Waals surface area contributed by atoms with E-state index in [1.54, 1.807) is 0 Å². The normalized spacial score (nSPS) is 11.6. The van der Waals surface area contributed by atoms with E-state index in [-0.39, 0.29) is 69.3 Å². The van der Waals surface area contributed by atoms with Crippen LogP contribution in [0.15, 0.2) is 0 Å². The average molecular weight is 913 g/mol. The van der Waals surface area contributed by atoms with Gasteiger partial charge in [-0.05, 0) is 107 Å². The Kier molecular flexibility index (Phi) is 37.1. The molecule has 0 saturated heterocycles. The Hall–Kier alpha value is -2.89. The number of aliphatic carboxylic acids is 4. The third kappa shape index (κ3) is 26.4. The third-order valence-electron chi connectivity index (χ3n) is 9.69. The molecule has 356 valence electrons. The second kappa shape index (κ2) is 33.6. The first kappa shape index (κ1) is 67.2. The van der Waals surface area contributed by atoms with E-state index in [1.165, 1.54) is 0 Å². The summed E-state index contributed by atoms with van der Waals surface area (Å²) in [4.78, 5) is 89.1. The van der Waals surface area contributed by atoms with E-state index in [0.29, 0.717) is 51.4 Å². The van der Waals surface area contributed by atoms with Crippen LogP contribution in [0.4, 0.5) is 0 Å². The summed E-state index contributed by atoms with van der Waals surface area (Å²) in [6, 6.07) is 0. The van der Waals surface area contributed by atoms with E-state index in [1.807, 2.05) is 111 Å². The van der Waals surface area contributed by atoms with Gasteiger partial charge in [-0.2, -0.15) is 0 Å². The molecule has 0 aliphatic rings. The van der Waals surface area contributed by atoms with Gasteiger partial charge in [-0.25, -0.2) is 0 Å². The summed E-state index contributed by atoms with van der Waals surface area (Å²) >= 11 is 0. The molecule has 0 fully saturated rings. The topological polar surface area (TPSA) is 254 Å². The number of carboxylic acid groups (broad SMARTS) is 4. The quantitative estimate of drug-likeness (QED) is 0.0428. The number of rotatable bonds is 28. The second-order valence-electron chi connectivity index (χ2n) is 15.4. The SMILES string of the molecule is CCC(CC)(OC(C)C)C(=O)CC(=O)O.CCC(CC)(OC(C)C)C(=O)CC(=O)O.CCC(CC)(OC(C)C)C(=O)CC(=O)O.CCC(CC)(OC(C)C)C(=O)CC(=O)O.[Ti]. The van der Waals surface area contributed by atoms with E-state index in [0.717, 1.165) is 0 Å². The Morgan fingerprint density at radius 2 is 0.443 bits per heavy atom. The van der Waals surface area contributed by atoms with Gasteiger partial charge in [0.15, 0.2) is 23.1 Å². The zero-order valence-electron chi connectivity index (χ0n) is 40.0. The molecule has 0 aromatic rings. The Bertz CT molecular complexity index is 1120. The first-order valence-electron chi connectivity index (χ1n) is 21.2. The van der Waals surface area contributed by atoms with Gasteiger partial charge in [0.2, 0.25) is 0 Å². The fourth-order valence-electron chi connectivity index (χ4n) is 6.51. The number of ether oxygens (including phenoxy) is 4. The number of ketones is 4. The van der Waals surface area contributed by atoms with Gasteiger partial charge in [-0.15, -0.1) is 0 Å². The molecular weight excluding hydrogens is 832 g/mol. The predicted molar refractivity (Wildman–Crippen MR) is 227 cm³/mol. The summed E-state index contributed by atoms with van der Waals surface area (Å²) in [7, 11) is 0. The predicted octanol–water partition coefficient (Wildman–Crippen LogP) is 8.05. The molecule has 0 aliphatic carbocycles. The van der Waals surface area contributed by atoms with E-state index in [4.69, 9.17) is 39.4 Å². The van der Waals surface area contributed by atoms with Crippen LogP contribution >= 0.6 is 0 Å². The molecule has 0 aromatic carbocycles. The molecule has 0 aliphatic heterocycles. The van der Waals surface area contributed by atoms with Crippen molar-refractivity contribution >= 4 is 47.0 Å². The van der Waals surface area contributed by atoms with E-state index in [2.05, 4.69) is 0 Å². The van der Waals surface area contributed by atoms with Crippen LogP contribution < -0.4 is 0 Å². The molecule has 16 nitrogen and oxygen atoms in total. The van der Waals surface area contributed by atoms with Crippen molar-refractivity contribution < 1.29 is 99.4 Å². The smallest absolute Gasteiger partial charge is 0.310 e. The Morgan fingerprint density at radius 1 is 0.328 bits per heavy atom. The minimum absolute atomic E-state index is 0. The summed E-state index contributed by atoms with van der Waals surface area (Å²) in [5.41, 5.74) is -3.70. The average Bonchev–Trinajstić information content (AvgIpc) is 3.13. The summed E-state index contributed by atoms with van der Waals surface area (Å²) in [5, 5.41) is 34.4. The fraction of sp³-hybridized carbons (Fsp3) is 0.818. The van der Waals surface area contributed by atoms with Gasteiger partial charge in [0.25, 0.3) is 0 Å². The summed E-state index contributed by atoms with van der Waals surface area (Å²) in [5.74, 6) is -5.75. The van der Waals surface area contributed by atoms with Gasteiger partial charge < -0.3 is 39.4 Å². The fourth-order valence-corrected chi connectivity index (χ4v) is 6.51. The van der Waals surface area contributed by atoms with Gasteiger partial charge >= 0.3 is 23.9 Å². The van der Waals surface area contributed by atoms with Crippen LogP contribution in [0, 0.1) is 0 Å². The number of carbonyl (C=O) groups is 8. The molecule has 4 N–H and O–H groups in total. The van der Waals surface area contributed by atoms with Crippen LogP contribution in [-0.2, 0) is 79.0 Å².